The Morgan fingerprint density at radius 2 is 2.37 bits per heavy atom. The van der Waals surface area contributed by atoms with Crippen LogP contribution in [0.2, 0.25) is 5.02 Å². The summed E-state index contributed by atoms with van der Waals surface area (Å²) in [6, 6.07) is 4.58. The van der Waals surface area contributed by atoms with Crippen LogP contribution in [0.3, 0.4) is 0 Å². The van der Waals surface area contributed by atoms with E-state index in [1.165, 1.54) is 4.88 Å². The number of aryl methyl sites for hydroxylation is 2. The minimum atomic E-state index is 0.273. The molecule has 0 radical (unpaired) electrons. The molecule has 0 aliphatic heterocycles. The highest BCUT2D eigenvalue weighted by Crippen LogP contribution is 2.26. The number of hydrogen-bond acceptors (Lipinski definition) is 3. The predicted octanol–water partition coefficient (Wildman–Crippen LogP) is 3.90. The van der Waals surface area contributed by atoms with Gasteiger partial charge in [-0.1, -0.05) is 17.7 Å². The van der Waals surface area contributed by atoms with Gasteiger partial charge >= 0.3 is 0 Å². The Hall–Kier alpha value is -0.840. The smallest absolute Gasteiger partial charge is 0.0834 e. The van der Waals surface area contributed by atoms with Gasteiger partial charge in [-0.3, -0.25) is 4.68 Å². The molecule has 0 saturated heterocycles. The van der Waals surface area contributed by atoms with Crippen molar-refractivity contribution in [1.82, 2.24) is 15.1 Å². The molecule has 1 N–H and O–H groups in total. The van der Waals surface area contributed by atoms with Crippen LogP contribution in [0.1, 0.15) is 36.4 Å². The van der Waals surface area contributed by atoms with Crippen LogP contribution in [-0.4, -0.2) is 16.8 Å². The highest BCUT2D eigenvalue weighted by molar-refractivity contribution is 7.09. The van der Waals surface area contributed by atoms with E-state index in [9.17, 15) is 0 Å². The minimum absolute atomic E-state index is 0.273. The maximum absolute atomic E-state index is 6.25. The van der Waals surface area contributed by atoms with Crippen molar-refractivity contribution in [2.45, 2.75) is 38.8 Å². The first kappa shape index (κ1) is 14.6. The van der Waals surface area contributed by atoms with Crippen molar-refractivity contribution < 1.29 is 0 Å². The van der Waals surface area contributed by atoms with Crippen molar-refractivity contribution in [3.63, 3.8) is 0 Å². The molecule has 0 bridgehead atoms. The maximum Gasteiger partial charge on any atom is 0.0834 e. The highest BCUT2D eigenvalue weighted by Gasteiger charge is 2.18. The predicted molar refractivity (Wildman–Crippen MR) is 82.0 cm³/mol. The lowest BCUT2D eigenvalue weighted by Crippen LogP contribution is -2.20. The van der Waals surface area contributed by atoms with Gasteiger partial charge in [0.1, 0.15) is 0 Å². The van der Waals surface area contributed by atoms with Crippen LogP contribution in [0.15, 0.2) is 23.7 Å². The van der Waals surface area contributed by atoms with Crippen molar-refractivity contribution in [2.75, 3.05) is 7.05 Å². The quantitative estimate of drug-likeness (QED) is 0.840. The lowest BCUT2D eigenvalue weighted by Gasteiger charge is -2.18. The molecular formula is C14H20ClN3S. The number of thiophene rings is 1. The lowest BCUT2D eigenvalue weighted by atomic mass is 10.1. The fourth-order valence-electron chi connectivity index (χ4n) is 2.32. The van der Waals surface area contributed by atoms with Crippen LogP contribution in [0.25, 0.3) is 0 Å². The zero-order valence-corrected chi connectivity index (χ0v) is 13.0. The normalized spacial score (nSPS) is 12.8. The number of halogens is 1. The van der Waals surface area contributed by atoms with Crippen LogP contribution in [0.4, 0.5) is 0 Å². The van der Waals surface area contributed by atoms with Gasteiger partial charge in [0.2, 0.25) is 0 Å². The fraction of sp³-hybridized carbons (Fsp3) is 0.500. The first-order valence-electron chi connectivity index (χ1n) is 6.67. The van der Waals surface area contributed by atoms with E-state index < -0.39 is 0 Å². The molecule has 2 aromatic rings. The van der Waals surface area contributed by atoms with Gasteiger partial charge in [0.05, 0.1) is 23.0 Å². The summed E-state index contributed by atoms with van der Waals surface area (Å²) >= 11 is 8.08. The lowest BCUT2D eigenvalue weighted by molar-refractivity contribution is 0.477. The Morgan fingerprint density at radius 3 is 3.00 bits per heavy atom. The zero-order valence-electron chi connectivity index (χ0n) is 11.4. The third-order valence-corrected chi connectivity index (χ3v) is 4.53. The molecule has 2 heterocycles. The Bertz CT molecular complexity index is 493. The first-order chi connectivity index (χ1) is 9.26. The summed E-state index contributed by atoms with van der Waals surface area (Å²) in [6.45, 7) is 2.94. The average Bonchev–Trinajstić information content (AvgIpc) is 3.05. The van der Waals surface area contributed by atoms with Gasteiger partial charge in [0.15, 0.2) is 0 Å². The molecule has 1 unspecified atom stereocenters. The summed E-state index contributed by atoms with van der Waals surface area (Å²) in [5.41, 5.74) is 1.11. The average molecular weight is 298 g/mol. The SMILES string of the molecule is CCn1ncc(Cl)c1C(CCCc1cccs1)NC. The molecule has 5 heteroatoms. The summed E-state index contributed by atoms with van der Waals surface area (Å²) in [4.78, 5) is 1.45. The summed E-state index contributed by atoms with van der Waals surface area (Å²) in [5.74, 6) is 0. The number of hydrogen-bond donors (Lipinski definition) is 1. The Kier molecular flexibility index (Phi) is 5.43. The molecule has 0 aliphatic carbocycles. The van der Waals surface area contributed by atoms with Gasteiger partial charge in [0, 0.05) is 11.4 Å². The van der Waals surface area contributed by atoms with E-state index in [2.05, 4.69) is 34.9 Å². The summed E-state index contributed by atoms with van der Waals surface area (Å²) in [7, 11) is 1.99. The van der Waals surface area contributed by atoms with E-state index in [-0.39, 0.29) is 6.04 Å². The van der Waals surface area contributed by atoms with Gasteiger partial charge in [-0.05, 0) is 44.7 Å². The molecule has 0 aromatic carbocycles. The van der Waals surface area contributed by atoms with Crippen LogP contribution < -0.4 is 5.32 Å². The Morgan fingerprint density at radius 1 is 1.53 bits per heavy atom. The van der Waals surface area contributed by atoms with E-state index in [0.29, 0.717) is 0 Å². The van der Waals surface area contributed by atoms with Gasteiger partial charge in [0.25, 0.3) is 0 Å². The number of rotatable bonds is 7. The monoisotopic (exact) mass is 297 g/mol. The number of aromatic nitrogens is 2. The second kappa shape index (κ2) is 7.08. The van der Waals surface area contributed by atoms with Gasteiger partial charge < -0.3 is 5.32 Å². The number of nitrogens with one attached hydrogen (secondary N) is 1. The highest BCUT2D eigenvalue weighted by atomic mass is 35.5. The molecular weight excluding hydrogens is 278 g/mol. The molecule has 0 fully saturated rings. The van der Waals surface area contributed by atoms with E-state index >= 15 is 0 Å². The largest absolute Gasteiger partial charge is 0.312 e. The summed E-state index contributed by atoms with van der Waals surface area (Å²) < 4.78 is 1.98. The molecule has 0 spiro atoms. The van der Waals surface area contributed by atoms with Crippen LogP contribution in [-0.2, 0) is 13.0 Å². The second-order valence-electron chi connectivity index (χ2n) is 4.51. The van der Waals surface area contributed by atoms with E-state index in [1.54, 1.807) is 6.20 Å². The second-order valence-corrected chi connectivity index (χ2v) is 5.95. The van der Waals surface area contributed by atoms with Crippen LogP contribution >= 0.6 is 22.9 Å². The molecule has 0 saturated carbocycles. The fourth-order valence-corrected chi connectivity index (χ4v) is 3.35. The molecule has 2 rings (SSSR count). The van der Waals surface area contributed by atoms with Crippen molar-refractivity contribution in [3.05, 3.63) is 39.3 Å². The van der Waals surface area contributed by atoms with E-state index in [0.717, 1.165) is 36.5 Å². The Labute approximate surface area is 123 Å². The molecule has 3 nitrogen and oxygen atoms in total. The molecule has 19 heavy (non-hydrogen) atoms. The zero-order chi connectivity index (χ0) is 13.7. The topological polar surface area (TPSA) is 29.9 Å². The van der Waals surface area contributed by atoms with Crippen LogP contribution in [0, 0.1) is 0 Å². The summed E-state index contributed by atoms with van der Waals surface area (Å²) in [6.07, 6.45) is 5.09. The maximum atomic E-state index is 6.25. The summed E-state index contributed by atoms with van der Waals surface area (Å²) in [5, 5.41) is 10.6. The van der Waals surface area contributed by atoms with E-state index in [4.69, 9.17) is 11.6 Å². The van der Waals surface area contributed by atoms with Gasteiger partial charge in [-0.2, -0.15) is 5.10 Å². The van der Waals surface area contributed by atoms with Crippen molar-refractivity contribution in [2.24, 2.45) is 0 Å². The molecule has 0 aliphatic rings. The third-order valence-electron chi connectivity index (χ3n) is 3.31. The van der Waals surface area contributed by atoms with Crippen molar-refractivity contribution >= 4 is 22.9 Å². The third kappa shape index (κ3) is 3.59. The molecule has 2 aromatic heterocycles. The molecule has 0 amide bonds. The van der Waals surface area contributed by atoms with Gasteiger partial charge in [-0.15, -0.1) is 11.3 Å². The molecule has 1 atom stereocenters. The number of nitrogens with zero attached hydrogens (tertiary/aromatic N) is 2. The Balaban J connectivity index is 1.97. The van der Waals surface area contributed by atoms with Crippen molar-refractivity contribution in [3.8, 4) is 0 Å². The van der Waals surface area contributed by atoms with Crippen LogP contribution in [0.5, 0.6) is 0 Å². The minimum Gasteiger partial charge on any atom is -0.312 e. The molecule has 104 valence electrons. The first-order valence-corrected chi connectivity index (χ1v) is 7.92. The van der Waals surface area contributed by atoms with E-state index in [1.807, 2.05) is 23.1 Å². The van der Waals surface area contributed by atoms with Crippen molar-refractivity contribution in [1.29, 1.82) is 0 Å². The standard InChI is InChI=1S/C14H20ClN3S/c1-3-18-14(12(15)10-17-18)13(16-2)8-4-6-11-7-5-9-19-11/h5,7,9-10,13,16H,3-4,6,8H2,1-2H3. The van der Waals surface area contributed by atoms with Gasteiger partial charge in [-0.25, -0.2) is 0 Å².